The highest BCUT2D eigenvalue weighted by atomic mass is 35.5. The Hall–Kier alpha value is -2.21. The van der Waals surface area contributed by atoms with Gasteiger partial charge in [-0.2, -0.15) is 5.10 Å². The first-order chi connectivity index (χ1) is 8.58. The van der Waals surface area contributed by atoms with Crippen molar-refractivity contribution in [1.82, 2.24) is 18.9 Å². The zero-order chi connectivity index (χ0) is 12.9. The second-order valence-corrected chi connectivity index (χ2v) is 4.27. The van der Waals surface area contributed by atoms with E-state index in [1.54, 1.807) is 33.8 Å². The van der Waals surface area contributed by atoms with Crippen LogP contribution in [0.2, 0.25) is 0 Å². The number of halogens is 1. The fourth-order valence-corrected chi connectivity index (χ4v) is 2.07. The predicted molar refractivity (Wildman–Crippen MR) is 76.9 cm³/mol. The van der Waals surface area contributed by atoms with E-state index in [1.807, 2.05) is 20.2 Å². The third-order valence-electron chi connectivity index (χ3n) is 3.09. The van der Waals surface area contributed by atoms with Crippen LogP contribution in [0.4, 0.5) is 5.82 Å². The summed E-state index contributed by atoms with van der Waals surface area (Å²) in [5.41, 5.74) is 6.52. The third kappa shape index (κ3) is 1.90. The predicted octanol–water partition coefficient (Wildman–Crippen LogP) is 1.07. The van der Waals surface area contributed by atoms with Crippen LogP contribution >= 0.6 is 12.4 Å². The normalized spacial score (nSPS) is 10.6. The number of nitrogens with two attached hydrogens (primary N) is 1. The molecule has 0 aromatic carbocycles. The second-order valence-electron chi connectivity index (χ2n) is 4.27. The van der Waals surface area contributed by atoms with Crippen molar-refractivity contribution in [3.63, 3.8) is 0 Å². The molecule has 0 aliphatic rings. The number of aryl methyl sites for hydroxylation is 2. The first kappa shape index (κ1) is 13.2. The maximum Gasteiger partial charge on any atom is 0.265 e. The van der Waals surface area contributed by atoms with E-state index in [0.29, 0.717) is 17.0 Å². The molecule has 0 spiro atoms. The maximum absolute atomic E-state index is 12.3. The zero-order valence-electron chi connectivity index (χ0n) is 10.6. The molecule has 19 heavy (non-hydrogen) atoms. The Bertz CT molecular complexity index is 798. The van der Waals surface area contributed by atoms with E-state index in [-0.39, 0.29) is 18.0 Å². The molecular formula is C12H14ClN5O. The third-order valence-corrected chi connectivity index (χ3v) is 3.09. The Labute approximate surface area is 115 Å². The van der Waals surface area contributed by atoms with Crippen LogP contribution in [-0.2, 0) is 14.1 Å². The fourth-order valence-electron chi connectivity index (χ4n) is 2.07. The van der Waals surface area contributed by atoms with Crippen molar-refractivity contribution < 1.29 is 0 Å². The monoisotopic (exact) mass is 279 g/mol. The van der Waals surface area contributed by atoms with Crippen molar-refractivity contribution in [2.45, 2.75) is 0 Å². The summed E-state index contributed by atoms with van der Waals surface area (Å²) in [4.78, 5) is 12.3. The Morgan fingerprint density at radius 1 is 1.21 bits per heavy atom. The summed E-state index contributed by atoms with van der Waals surface area (Å²) in [6.45, 7) is 0. The van der Waals surface area contributed by atoms with Gasteiger partial charge in [0.1, 0.15) is 5.82 Å². The molecule has 6 nitrogen and oxygen atoms in total. The summed E-state index contributed by atoms with van der Waals surface area (Å²) in [5, 5.41) is 4.82. The molecule has 0 bridgehead atoms. The Kier molecular flexibility index (Phi) is 3.11. The molecule has 0 aliphatic carbocycles. The van der Waals surface area contributed by atoms with Gasteiger partial charge in [-0.1, -0.05) is 0 Å². The molecule has 0 atom stereocenters. The van der Waals surface area contributed by atoms with Gasteiger partial charge in [-0.05, 0) is 12.1 Å². The van der Waals surface area contributed by atoms with Crippen LogP contribution in [0.1, 0.15) is 0 Å². The van der Waals surface area contributed by atoms with Crippen LogP contribution in [0.5, 0.6) is 0 Å². The van der Waals surface area contributed by atoms with Crippen molar-refractivity contribution in [1.29, 1.82) is 0 Å². The van der Waals surface area contributed by atoms with E-state index >= 15 is 0 Å². The van der Waals surface area contributed by atoms with Gasteiger partial charge < -0.3 is 10.3 Å². The summed E-state index contributed by atoms with van der Waals surface area (Å²) < 4.78 is 4.96. The van der Waals surface area contributed by atoms with Crippen LogP contribution in [0.15, 0.2) is 35.4 Å². The lowest BCUT2D eigenvalue weighted by atomic mass is 10.3. The van der Waals surface area contributed by atoms with E-state index in [4.69, 9.17) is 5.73 Å². The average molecular weight is 280 g/mol. The van der Waals surface area contributed by atoms with Gasteiger partial charge in [0.25, 0.3) is 5.56 Å². The van der Waals surface area contributed by atoms with Crippen LogP contribution in [0, 0.1) is 0 Å². The van der Waals surface area contributed by atoms with Gasteiger partial charge in [0, 0.05) is 32.6 Å². The summed E-state index contributed by atoms with van der Waals surface area (Å²) in [5.74, 6) is 1.17. The molecule has 100 valence electrons. The van der Waals surface area contributed by atoms with Gasteiger partial charge in [-0.15, -0.1) is 12.4 Å². The minimum atomic E-state index is -0.112. The van der Waals surface area contributed by atoms with Crippen LogP contribution < -0.4 is 11.3 Å². The van der Waals surface area contributed by atoms with Gasteiger partial charge in [0.2, 0.25) is 0 Å². The first-order valence-corrected chi connectivity index (χ1v) is 5.54. The fraction of sp³-hybridized carbons (Fsp3) is 0.167. The van der Waals surface area contributed by atoms with Crippen molar-refractivity contribution in [3.05, 3.63) is 40.9 Å². The Balaban J connectivity index is 0.00000133. The summed E-state index contributed by atoms with van der Waals surface area (Å²) >= 11 is 0. The van der Waals surface area contributed by atoms with Crippen LogP contribution in [-0.4, -0.2) is 18.9 Å². The van der Waals surface area contributed by atoms with E-state index in [1.165, 1.54) is 4.57 Å². The smallest absolute Gasteiger partial charge is 0.265 e. The molecule has 0 unspecified atom stereocenters. The van der Waals surface area contributed by atoms with E-state index in [2.05, 4.69) is 5.10 Å². The molecule has 3 heterocycles. The SMILES string of the molecule is Cl.Cn1ccc(-n2ccc3c(cc(N)n3C)c2=O)n1. The first-order valence-electron chi connectivity index (χ1n) is 5.54. The second kappa shape index (κ2) is 4.47. The summed E-state index contributed by atoms with van der Waals surface area (Å²) in [6.07, 6.45) is 3.51. The lowest BCUT2D eigenvalue weighted by Crippen LogP contribution is -2.17. The van der Waals surface area contributed by atoms with Crippen LogP contribution in [0.25, 0.3) is 16.7 Å². The molecular weight excluding hydrogens is 266 g/mol. The molecule has 0 aliphatic heterocycles. The molecule has 3 aromatic rings. The number of aromatic nitrogens is 4. The van der Waals surface area contributed by atoms with Gasteiger partial charge in [-0.3, -0.25) is 14.0 Å². The van der Waals surface area contributed by atoms with Crippen molar-refractivity contribution in [2.24, 2.45) is 14.1 Å². The quantitative estimate of drug-likeness (QED) is 0.724. The van der Waals surface area contributed by atoms with Gasteiger partial charge in [-0.25, -0.2) is 0 Å². The molecule has 0 saturated heterocycles. The van der Waals surface area contributed by atoms with Crippen molar-refractivity contribution in [2.75, 3.05) is 5.73 Å². The van der Waals surface area contributed by atoms with Gasteiger partial charge in [0.15, 0.2) is 5.82 Å². The molecule has 3 aromatic heterocycles. The van der Waals surface area contributed by atoms with E-state index < -0.39 is 0 Å². The van der Waals surface area contributed by atoms with Crippen molar-refractivity contribution in [3.8, 4) is 5.82 Å². The highest BCUT2D eigenvalue weighted by molar-refractivity contribution is 5.85. The number of fused-ring (bicyclic) bond motifs is 1. The topological polar surface area (TPSA) is 70.8 Å². The van der Waals surface area contributed by atoms with Crippen molar-refractivity contribution >= 4 is 29.1 Å². The number of anilines is 1. The Morgan fingerprint density at radius 3 is 2.58 bits per heavy atom. The lowest BCUT2D eigenvalue weighted by Gasteiger charge is -2.02. The number of nitrogen functional groups attached to an aromatic ring is 1. The number of hydrogen-bond donors (Lipinski definition) is 1. The highest BCUT2D eigenvalue weighted by Crippen LogP contribution is 2.17. The molecule has 0 radical (unpaired) electrons. The Morgan fingerprint density at radius 2 is 1.95 bits per heavy atom. The number of rotatable bonds is 1. The summed E-state index contributed by atoms with van der Waals surface area (Å²) in [7, 11) is 3.65. The highest BCUT2D eigenvalue weighted by Gasteiger charge is 2.10. The lowest BCUT2D eigenvalue weighted by molar-refractivity contribution is 0.747. The van der Waals surface area contributed by atoms with Gasteiger partial charge >= 0.3 is 0 Å². The zero-order valence-corrected chi connectivity index (χ0v) is 11.4. The molecule has 3 rings (SSSR count). The van der Waals surface area contributed by atoms with Gasteiger partial charge in [0.05, 0.1) is 10.9 Å². The minimum Gasteiger partial charge on any atom is -0.385 e. The molecule has 2 N–H and O–H groups in total. The maximum atomic E-state index is 12.3. The largest absolute Gasteiger partial charge is 0.385 e. The molecule has 0 fully saturated rings. The van der Waals surface area contributed by atoms with E-state index in [9.17, 15) is 4.79 Å². The molecule has 0 saturated carbocycles. The number of nitrogens with zero attached hydrogens (tertiary/aromatic N) is 4. The number of pyridine rings is 1. The van der Waals surface area contributed by atoms with E-state index in [0.717, 1.165) is 5.52 Å². The standard InChI is InChI=1S/C12H13N5O.ClH/c1-15-5-4-11(14-15)17-6-3-9-8(12(17)18)7-10(13)16(9)2;/h3-7H,13H2,1-2H3;1H. The summed E-state index contributed by atoms with van der Waals surface area (Å²) in [6, 6.07) is 5.35. The minimum absolute atomic E-state index is 0. The molecule has 0 amide bonds. The average Bonchev–Trinajstić information content (AvgIpc) is 2.87. The van der Waals surface area contributed by atoms with Crippen LogP contribution in [0.3, 0.4) is 0 Å². The number of hydrogen-bond acceptors (Lipinski definition) is 3. The molecule has 7 heteroatoms.